The molecule has 1 aromatic carbocycles. The summed E-state index contributed by atoms with van der Waals surface area (Å²) in [6, 6.07) is 4.17. The zero-order valence-corrected chi connectivity index (χ0v) is 25.1. The van der Waals surface area contributed by atoms with Gasteiger partial charge in [-0.25, -0.2) is 4.79 Å². The summed E-state index contributed by atoms with van der Waals surface area (Å²) in [4.78, 5) is 30.0. The van der Waals surface area contributed by atoms with E-state index in [2.05, 4.69) is 23.1 Å². The van der Waals surface area contributed by atoms with Crippen molar-refractivity contribution in [2.75, 3.05) is 27.0 Å². The third kappa shape index (κ3) is 4.71. The monoisotopic (exact) mass is 571 g/mol. The second kappa shape index (κ2) is 10.2. The highest BCUT2D eigenvalue weighted by molar-refractivity contribution is 8.14. The highest BCUT2D eigenvalue weighted by Gasteiger charge is 2.59. The molecule has 0 amide bonds. The lowest BCUT2D eigenvalue weighted by Crippen LogP contribution is -2.54. The summed E-state index contributed by atoms with van der Waals surface area (Å²) in [5, 5.41) is 0.0724. The van der Waals surface area contributed by atoms with Crippen LogP contribution in [0.15, 0.2) is 24.0 Å². The maximum atomic E-state index is 14.3. The smallest absolute Gasteiger partial charge is 0.339 e. The first-order valence-corrected chi connectivity index (χ1v) is 15.5. The van der Waals surface area contributed by atoms with Gasteiger partial charge in [-0.1, -0.05) is 25.6 Å². The van der Waals surface area contributed by atoms with E-state index in [0.717, 1.165) is 62.3 Å². The number of fused-ring (bicyclic) bond motifs is 3. The summed E-state index contributed by atoms with van der Waals surface area (Å²) >= 11 is 1.25. The number of rotatable bonds is 6. The molecular weight excluding hydrogens is 530 g/mol. The third-order valence-corrected chi connectivity index (χ3v) is 10.1. The summed E-state index contributed by atoms with van der Waals surface area (Å²) in [6.07, 6.45) is 6.49. The van der Waals surface area contributed by atoms with Crippen LogP contribution < -0.4 is 9.47 Å². The molecule has 0 bridgehead atoms. The van der Waals surface area contributed by atoms with Crippen molar-refractivity contribution >= 4 is 22.8 Å². The minimum Gasteiger partial charge on any atom is -0.497 e. The summed E-state index contributed by atoms with van der Waals surface area (Å²) in [6.45, 7) is 10.0. The quantitative estimate of drug-likeness (QED) is 0.432. The first-order chi connectivity index (χ1) is 19.1. The van der Waals surface area contributed by atoms with E-state index in [-0.39, 0.29) is 35.0 Å². The van der Waals surface area contributed by atoms with Crippen molar-refractivity contribution in [1.82, 2.24) is 4.90 Å². The number of benzene rings is 1. The van der Waals surface area contributed by atoms with Crippen molar-refractivity contribution < 1.29 is 33.3 Å². The Morgan fingerprint density at radius 2 is 1.88 bits per heavy atom. The van der Waals surface area contributed by atoms with Crippen molar-refractivity contribution in [3.63, 3.8) is 0 Å². The SMILES string of the molecule is COC1=C[C@@]23CCCN2CCc2cc4c(cc2[C@@H]3C1OC(=O)[C@]1(CC(=O)SC(C)C)CCCC(C)(C)O1)OCO4. The predicted molar refractivity (Wildman–Crippen MR) is 152 cm³/mol. The van der Waals surface area contributed by atoms with Crippen LogP contribution in [0, 0.1) is 0 Å². The van der Waals surface area contributed by atoms with Gasteiger partial charge in [-0.05, 0) is 88.3 Å². The van der Waals surface area contributed by atoms with Gasteiger partial charge < -0.3 is 23.7 Å². The van der Waals surface area contributed by atoms with E-state index in [1.807, 2.05) is 27.7 Å². The van der Waals surface area contributed by atoms with Crippen molar-refractivity contribution in [3.8, 4) is 11.5 Å². The predicted octanol–water partition coefficient (Wildman–Crippen LogP) is 5.12. The molecule has 6 rings (SSSR count). The third-order valence-electron chi connectivity index (χ3n) is 9.20. The average Bonchev–Trinajstić information content (AvgIpc) is 3.56. The molecule has 8 nitrogen and oxygen atoms in total. The number of hydrogen-bond acceptors (Lipinski definition) is 9. The fourth-order valence-corrected chi connectivity index (χ4v) is 8.47. The van der Waals surface area contributed by atoms with E-state index >= 15 is 0 Å². The van der Waals surface area contributed by atoms with Crippen molar-refractivity contribution in [3.05, 3.63) is 35.1 Å². The van der Waals surface area contributed by atoms with Gasteiger partial charge in [0.1, 0.15) is 5.76 Å². The second-order valence-corrected chi connectivity index (χ2v) is 14.3. The Morgan fingerprint density at radius 3 is 2.60 bits per heavy atom. The van der Waals surface area contributed by atoms with Gasteiger partial charge in [0.05, 0.1) is 30.6 Å². The van der Waals surface area contributed by atoms with Crippen LogP contribution in [0.25, 0.3) is 0 Å². The second-order valence-electron chi connectivity index (χ2n) is 12.7. The van der Waals surface area contributed by atoms with E-state index < -0.39 is 23.3 Å². The normalized spacial score (nSPS) is 32.1. The topological polar surface area (TPSA) is 83.5 Å². The minimum absolute atomic E-state index is 0.00588. The van der Waals surface area contributed by atoms with Crippen LogP contribution in [0.3, 0.4) is 0 Å². The molecule has 40 heavy (non-hydrogen) atoms. The Labute approximate surface area is 241 Å². The van der Waals surface area contributed by atoms with E-state index in [1.54, 1.807) is 7.11 Å². The van der Waals surface area contributed by atoms with Gasteiger partial charge in [0.2, 0.25) is 6.79 Å². The number of carbonyl (C=O) groups is 2. The molecule has 1 aromatic rings. The highest BCUT2D eigenvalue weighted by atomic mass is 32.2. The molecule has 4 aliphatic heterocycles. The first kappa shape index (κ1) is 27.9. The molecular formula is C31H41NO7S. The summed E-state index contributed by atoms with van der Waals surface area (Å²) in [5.74, 6) is 1.50. The number of carbonyl (C=O) groups excluding carboxylic acids is 2. The molecule has 5 aliphatic rings. The molecule has 4 heterocycles. The first-order valence-electron chi connectivity index (χ1n) is 14.6. The maximum Gasteiger partial charge on any atom is 0.339 e. The molecule has 0 radical (unpaired) electrons. The van der Waals surface area contributed by atoms with Crippen LogP contribution in [-0.4, -0.2) is 71.1 Å². The highest BCUT2D eigenvalue weighted by Crippen LogP contribution is 2.56. The standard InChI is InChI=1S/C31H41NO7S/c1-19(2)40-25(33)17-31(11-6-9-29(3,4)39-31)28(34)38-27-24(35-5)16-30-10-7-12-32(30)13-8-20-14-22-23(37-18-36-22)15-21(20)26(27)30/h14-16,19,26-27H,6-13,17-18H2,1-5H3/t26-,27?,30-,31-/m1/s1. The maximum absolute atomic E-state index is 14.3. The van der Waals surface area contributed by atoms with Gasteiger partial charge in [0.15, 0.2) is 28.3 Å². The van der Waals surface area contributed by atoms with Crippen LogP contribution >= 0.6 is 11.8 Å². The van der Waals surface area contributed by atoms with Crippen molar-refractivity contribution in [2.24, 2.45) is 0 Å². The van der Waals surface area contributed by atoms with Crippen LogP contribution in [0.5, 0.6) is 11.5 Å². The van der Waals surface area contributed by atoms with Gasteiger partial charge >= 0.3 is 5.97 Å². The molecule has 2 fully saturated rings. The van der Waals surface area contributed by atoms with E-state index in [0.29, 0.717) is 12.2 Å². The molecule has 218 valence electrons. The molecule has 2 saturated heterocycles. The lowest BCUT2D eigenvalue weighted by atomic mass is 9.77. The summed E-state index contributed by atoms with van der Waals surface area (Å²) in [7, 11) is 1.65. The van der Waals surface area contributed by atoms with Crippen LogP contribution in [0.1, 0.15) is 83.3 Å². The molecule has 0 N–H and O–H groups in total. The Hall–Kier alpha value is -2.23. The molecule has 1 spiro atoms. The van der Waals surface area contributed by atoms with Gasteiger partial charge in [0, 0.05) is 11.8 Å². The number of ether oxygens (including phenoxy) is 5. The molecule has 0 saturated carbocycles. The number of nitrogens with zero attached hydrogens (tertiary/aromatic N) is 1. The number of thioether (sulfide) groups is 1. The Morgan fingerprint density at radius 1 is 1.10 bits per heavy atom. The van der Waals surface area contributed by atoms with Crippen molar-refractivity contribution in [1.29, 1.82) is 0 Å². The lowest BCUT2D eigenvalue weighted by Gasteiger charge is -2.44. The molecule has 1 unspecified atom stereocenters. The van der Waals surface area contributed by atoms with Crippen molar-refractivity contribution in [2.45, 2.75) is 107 Å². The van der Waals surface area contributed by atoms with Crippen LogP contribution in [0.4, 0.5) is 0 Å². The Bertz CT molecular complexity index is 1230. The largest absolute Gasteiger partial charge is 0.497 e. The molecule has 1 aliphatic carbocycles. The fraction of sp³-hybridized carbons (Fsp3) is 0.677. The number of hydrogen-bond donors (Lipinski definition) is 0. The number of methoxy groups -OCH3 is 1. The van der Waals surface area contributed by atoms with Gasteiger partial charge in [-0.15, -0.1) is 0 Å². The Balaban J connectivity index is 1.39. The lowest BCUT2D eigenvalue weighted by molar-refractivity contribution is -0.213. The van der Waals surface area contributed by atoms with Gasteiger partial charge in [-0.2, -0.15) is 0 Å². The zero-order valence-electron chi connectivity index (χ0n) is 24.2. The van der Waals surface area contributed by atoms with Gasteiger partial charge in [-0.3, -0.25) is 9.69 Å². The Kier molecular flexibility index (Phi) is 7.15. The molecule has 0 aromatic heterocycles. The fourth-order valence-electron chi connectivity index (χ4n) is 7.63. The average molecular weight is 572 g/mol. The minimum atomic E-state index is -1.33. The molecule has 4 atom stereocenters. The van der Waals surface area contributed by atoms with E-state index in [4.69, 9.17) is 23.7 Å². The molecule has 9 heteroatoms. The van der Waals surface area contributed by atoms with Crippen LogP contribution in [0.2, 0.25) is 0 Å². The van der Waals surface area contributed by atoms with Gasteiger partial charge in [0.25, 0.3) is 0 Å². The summed E-state index contributed by atoms with van der Waals surface area (Å²) < 4.78 is 30.5. The zero-order chi connectivity index (χ0) is 28.3. The summed E-state index contributed by atoms with van der Waals surface area (Å²) in [5.41, 5.74) is 0.112. The number of esters is 1. The van der Waals surface area contributed by atoms with E-state index in [9.17, 15) is 9.59 Å². The van der Waals surface area contributed by atoms with E-state index in [1.165, 1.54) is 17.3 Å². The van der Waals surface area contributed by atoms with Crippen LogP contribution in [-0.2, 0) is 30.2 Å².